The molecule has 1 aromatic rings. The molecule has 5 heteroatoms. The van der Waals surface area contributed by atoms with Crippen molar-refractivity contribution >= 4 is 28.8 Å². The molecule has 1 atom stereocenters. The van der Waals surface area contributed by atoms with Gasteiger partial charge < -0.3 is 11.1 Å². The molecule has 0 spiro atoms. The lowest BCUT2D eigenvalue weighted by Crippen LogP contribution is -2.33. The number of carbonyl (C=O) groups excluding carboxylic acids is 1. The normalized spacial score (nSPS) is 11.9. The number of hydrogen-bond acceptors (Lipinski definition) is 2. The molecule has 0 saturated carbocycles. The van der Waals surface area contributed by atoms with E-state index in [1.807, 2.05) is 13.8 Å². The second-order valence-corrected chi connectivity index (χ2v) is 4.69. The molecule has 1 unspecified atom stereocenters. The second-order valence-electron chi connectivity index (χ2n) is 4.22. The molecule has 0 aliphatic carbocycles. The maximum Gasteiger partial charge on any atom is 0.234 e. The van der Waals surface area contributed by atoms with E-state index in [0.717, 1.165) is 12.0 Å². The first-order valence-corrected chi connectivity index (χ1v) is 6.22. The Balaban J connectivity index is 2.85. The monoisotopic (exact) mass is 268 g/mol. The number of rotatable bonds is 5. The molecular formula is C13H17FN2OS. The highest BCUT2D eigenvalue weighted by Crippen LogP contribution is 2.18. The van der Waals surface area contributed by atoms with E-state index in [1.165, 1.54) is 6.07 Å². The molecule has 1 rings (SSSR count). The average molecular weight is 268 g/mol. The fourth-order valence-electron chi connectivity index (χ4n) is 1.65. The van der Waals surface area contributed by atoms with Gasteiger partial charge in [-0.1, -0.05) is 31.6 Å². The Morgan fingerprint density at radius 2 is 2.22 bits per heavy atom. The molecule has 0 aromatic heterocycles. The van der Waals surface area contributed by atoms with Gasteiger partial charge in [-0.15, -0.1) is 0 Å². The largest absolute Gasteiger partial charge is 0.393 e. The standard InChI is InChI=1S/C13H17FN2OS/c1-3-4-9(12(15)18)13(17)16-11-7-8(2)5-6-10(11)14/h5-7,9H,3-4H2,1-2H3,(H2,15,18)(H,16,17). The van der Waals surface area contributed by atoms with Crippen LogP contribution in [0.5, 0.6) is 0 Å². The molecule has 18 heavy (non-hydrogen) atoms. The number of aryl methyl sites for hydroxylation is 1. The quantitative estimate of drug-likeness (QED) is 0.807. The predicted octanol–water partition coefficient (Wildman–Crippen LogP) is 2.78. The lowest BCUT2D eigenvalue weighted by molar-refractivity contribution is -0.118. The molecule has 3 nitrogen and oxygen atoms in total. The Labute approximate surface area is 112 Å². The third-order valence-corrected chi connectivity index (χ3v) is 2.90. The van der Waals surface area contributed by atoms with Gasteiger partial charge in [0.1, 0.15) is 5.82 Å². The van der Waals surface area contributed by atoms with E-state index in [2.05, 4.69) is 5.32 Å². The topological polar surface area (TPSA) is 55.1 Å². The summed E-state index contributed by atoms with van der Waals surface area (Å²) in [6, 6.07) is 4.54. The van der Waals surface area contributed by atoms with E-state index >= 15 is 0 Å². The van der Waals surface area contributed by atoms with Crippen LogP contribution in [0.1, 0.15) is 25.3 Å². The molecular weight excluding hydrogens is 251 g/mol. The first-order valence-electron chi connectivity index (χ1n) is 5.82. The van der Waals surface area contributed by atoms with Crippen molar-refractivity contribution in [3.05, 3.63) is 29.6 Å². The van der Waals surface area contributed by atoms with Crippen molar-refractivity contribution < 1.29 is 9.18 Å². The van der Waals surface area contributed by atoms with Gasteiger partial charge in [-0.2, -0.15) is 0 Å². The van der Waals surface area contributed by atoms with Gasteiger partial charge in [0.25, 0.3) is 0 Å². The highest BCUT2D eigenvalue weighted by molar-refractivity contribution is 7.80. The van der Waals surface area contributed by atoms with E-state index < -0.39 is 11.7 Å². The third kappa shape index (κ3) is 3.77. The highest BCUT2D eigenvalue weighted by atomic mass is 32.1. The fraction of sp³-hybridized carbons (Fsp3) is 0.385. The Bertz CT molecular complexity index is 462. The lowest BCUT2D eigenvalue weighted by Gasteiger charge is -2.15. The smallest absolute Gasteiger partial charge is 0.234 e. The van der Waals surface area contributed by atoms with Gasteiger partial charge in [-0.3, -0.25) is 4.79 Å². The van der Waals surface area contributed by atoms with Crippen LogP contribution < -0.4 is 11.1 Å². The lowest BCUT2D eigenvalue weighted by atomic mass is 10.0. The number of amides is 1. The van der Waals surface area contributed by atoms with Crippen LogP contribution in [0.2, 0.25) is 0 Å². The van der Waals surface area contributed by atoms with Gasteiger partial charge in [0.2, 0.25) is 5.91 Å². The number of nitrogens with one attached hydrogen (secondary N) is 1. The predicted molar refractivity (Wildman–Crippen MR) is 75.0 cm³/mol. The van der Waals surface area contributed by atoms with Crippen LogP contribution in [0.3, 0.4) is 0 Å². The van der Waals surface area contributed by atoms with Gasteiger partial charge in [-0.25, -0.2) is 4.39 Å². The fourth-order valence-corrected chi connectivity index (χ4v) is 1.87. The van der Waals surface area contributed by atoms with Gasteiger partial charge in [0.05, 0.1) is 16.6 Å². The number of carbonyl (C=O) groups is 1. The van der Waals surface area contributed by atoms with E-state index in [9.17, 15) is 9.18 Å². The van der Waals surface area contributed by atoms with Crippen molar-refractivity contribution in [2.75, 3.05) is 5.32 Å². The maximum atomic E-state index is 13.5. The van der Waals surface area contributed by atoms with Gasteiger partial charge in [0.15, 0.2) is 0 Å². The summed E-state index contributed by atoms with van der Waals surface area (Å²) < 4.78 is 13.5. The SMILES string of the molecule is CCCC(C(=O)Nc1cc(C)ccc1F)C(N)=S. The number of nitrogens with two attached hydrogens (primary N) is 1. The second kappa shape index (κ2) is 6.44. The first-order chi connectivity index (χ1) is 8.45. The molecule has 3 N–H and O–H groups in total. The summed E-state index contributed by atoms with van der Waals surface area (Å²) in [5, 5.41) is 2.54. The molecule has 0 heterocycles. The molecule has 1 aromatic carbocycles. The van der Waals surface area contributed by atoms with Crippen LogP contribution in [-0.4, -0.2) is 10.9 Å². The number of halogens is 1. The van der Waals surface area contributed by atoms with E-state index in [1.54, 1.807) is 12.1 Å². The van der Waals surface area contributed by atoms with Crippen molar-refractivity contribution in [2.45, 2.75) is 26.7 Å². The van der Waals surface area contributed by atoms with Crippen LogP contribution in [-0.2, 0) is 4.79 Å². The zero-order valence-electron chi connectivity index (χ0n) is 10.5. The summed E-state index contributed by atoms with van der Waals surface area (Å²) in [4.78, 5) is 12.1. The van der Waals surface area contributed by atoms with E-state index in [4.69, 9.17) is 18.0 Å². The zero-order chi connectivity index (χ0) is 13.7. The molecule has 0 aliphatic heterocycles. The Morgan fingerprint density at radius 1 is 1.56 bits per heavy atom. The number of hydrogen-bond donors (Lipinski definition) is 2. The van der Waals surface area contributed by atoms with Crippen LogP contribution in [0.15, 0.2) is 18.2 Å². The van der Waals surface area contributed by atoms with Crippen molar-refractivity contribution in [3.8, 4) is 0 Å². The van der Waals surface area contributed by atoms with Gasteiger partial charge in [0, 0.05) is 0 Å². The summed E-state index contributed by atoms with van der Waals surface area (Å²) in [5.41, 5.74) is 6.56. The highest BCUT2D eigenvalue weighted by Gasteiger charge is 2.21. The van der Waals surface area contributed by atoms with Crippen molar-refractivity contribution in [1.29, 1.82) is 0 Å². The molecule has 0 saturated heterocycles. The minimum absolute atomic E-state index is 0.141. The van der Waals surface area contributed by atoms with Crippen LogP contribution in [0.25, 0.3) is 0 Å². The summed E-state index contributed by atoms with van der Waals surface area (Å²) in [6.45, 7) is 3.76. The summed E-state index contributed by atoms with van der Waals surface area (Å²) in [6.07, 6.45) is 1.35. The minimum atomic E-state index is -0.551. The Morgan fingerprint density at radius 3 is 2.78 bits per heavy atom. The van der Waals surface area contributed by atoms with Crippen LogP contribution in [0, 0.1) is 18.7 Å². The van der Waals surface area contributed by atoms with Crippen molar-refractivity contribution in [2.24, 2.45) is 11.7 Å². The number of anilines is 1. The van der Waals surface area contributed by atoms with Crippen molar-refractivity contribution in [3.63, 3.8) is 0 Å². The van der Waals surface area contributed by atoms with Crippen LogP contribution in [0.4, 0.5) is 10.1 Å². The van der Waals surface area contributed by atoms with Crippen LogP contribution >= 0.6 is 12.2 Å². The molecule has 0 bridgehead atoms. The zero-order valence-corrected chi connectivity index (χ0v) is 11.3. The Hall–Kier alpha value is -1.49. The molecule has 0 aliphatic rings. The first kappa shape index (κ1) is 14.6. The summed E-state index contributed by atoms with van der Waals surface area (Å²) in [7, 11) is 0. The molecule has 98 valence electrons. The maximum absolute atomic E-state index is 13.5. The number of thiocarbonyl (C=S) groups is 1. The minimum Gasteiger partial charge on any atom is -0.393 e. The molecule has 0 radical (unpaired) electrons. The van der Waals surface area contributed by atoms with E-state index in [-0.39, 0.29) is 16.6 Å². The Kier molecular flexibility index (Phi) is 5.22. The van der Waals surface area contributed by atoms with E-state index in [0.29, 0.717) is 6.42 Å². The van der Waals surface area contributed by atoms with Crippen molar-refractivity contribution in [1.82, 2.24) is 0 Å². The number of benzene rings is 1. The van der Waals surface area contributed by atoms with Gasteiger partial charge in [-0.05, 0) is 31.0 Å². The third-order valence-electron chi connectivity index (χ3n) is 2.62. The molecule has 1 amide bonds. The summed E-state index contributed by atoms with van der Waals surface area (Å²) in [5.74, 6) is -1.37. The summed E-state index contributed by atoms with van der Waals surface area (Å²) >= 11 is 4.86. The van der Waals surface area contributed by atoms with Gasteiger partial charge >= 0.3 is 0 Å². The average Bonchev–Trinajstić information content (AvgIpc) is 2.30. The molecule has 0 fully saturated rings.